The maximum atomic E-state index is 12.9. The molecule has 32 heavy (non-hydrogen) atoms. The van der Waals surface area contributed by atoms with Crippen LogP contribution in [0.2, 0.25) is 0 Å². The van der Waals surface area contributed by atoms with Crippen LogP contribution in [-0.4, -0.2) is 38.8 Å². The Labute approximate surface area is 193 Å². The molecule has 2 unspecified atom stereocenters. The number of fused-ring (bicyclic) bond motifs is 1. The summed E-state index contributed by atoms with van der Waals surface area (Å²) in [4.78, 5) is 39.1. The third kappa shape index (κ3) is 5.18. The number of aromatic amines is 1. The number of hydrogen-bond donors (Lipinski definition) is 3. The number of carbonyl (C=O) groups is 2. The van der Waals surface area contributed by atoms with Crippen molar-refractivity contribution < 1.29 is 9.59 Å². The SMILES string of the molecule is CC(NC(=O)c1ccc(-c2cnc3[nH]cc(C(=O)NC(C)C(C)(C)C)c3n2)s1)C(C)(C)C. The Balaban J connectivity index is 1.84. The fourth-order valence-corrected chi connectivity index (χ4v) is 3.62. The number of carbonyl (C=O) groups excluding carboxylic acids is 2. The van der Waals surface area contributed by atoms with E-state index in [-0.39, 0.29) is 34.7 Å². The topological polar surface area (TPSA) is 99.8 Å². The Morgan fingerprint density at radius 2 is 1.56 bits per heavy atom. The Hall–Kier alpha value is -2.74. The number of aromatic nitrogens is 3. The fraction of sp³-hybridized carbons (Fsp3) is 0.500. The maximum Gasteiger partial charge on any atom is 0.261 e. The Bertz CT molecular complexity index is 1130. The summed E-state index contributed by atoms with van der Waals surface area (Å²) in [6.45, 7) is 16.5. The van der Waals surface area contributed by atoms with Crippen molar-refractivity contribution in [2.45, 2.75) is 67.5 Å². The zero-order valence-corrected chi connectivity index (χ0v) is 20.9. The minimum absolute atomic E-state index is 0.00931. The molecule has 7 nitrogen and oxygen atoms in total. The monoisotopic (exact) mass is 455 g/mol. The summed E-state index contributed by atoms with van der Waals surface area (Å²) in [6, 6.07) is 3.69. The highest BCUT2D eigenvalue weighted by molar-refractivity contribution is 7.17. The van der Waals surface area contributed by atoms with E-state index in [2.05, 4.69) is 62.1 Å². The molecule has 0 fully saturated rings. The van der Waals surface area contributed by atoms with Crippen molar-refractivity contribution in [2.75, 3.05) is 0 Å². The van der Waals surface area contributed by atoms with Crippen molar-refractivity contribution in [3.63, 3.8) is 0 Å². The molecule has 0 saturated carbocycles. The number of rotatable bonds is 5. The van der Waals surface area contributed by atoms with E-state index in [0.717, 1.165) is 4.88 Å². The van der Waals surface area contributed by atoms with E-state index in [1.165, 1.54) is 11.3 Å². The zero-order chi connectivity index (χ0) is 23.8. The van der Waals surface area contributed by atoms with E-state index < -0.39 is 0 Å². The molecule has 0 aliphatic carbocycles. The van der Waals surface area contributed by atoms with Gasteiger partial charge in [0, 0.05) is 18.3 Å². The molecular weight excluding hydrogens is 422 g/mol. The normalized spacial score (nSPS) is 14.2. The van der Waals surface area contributed by atoms with Gasteiger partial charge in [0.05, 0.1) is 27.2 Å². The summed E-state index contributed by atoms with van der Waals surface area (Å²) >= 11 is 1.36. The van der Waals surface area contributed by atoms with Crippen molar-refractivity contribution in [2.24, 2.45) is 10.8 Å². The average Bonchev–Trinajstić information content (AvgIpc) is 3.33. The summed E-state index contributed by atoms with van der Waals surface area (Å²) < 4.78 is 0. The fourth-order valence-electron chi connectivity index (χ4n) is 2.76. The van der Waals surface area contributed by atoms with Crippen LogP contribution in [0.3, 0.4) is 0 Å². The van der Waals surface area contributed by atoms with E-state index in [9.17, 15) is 9.59 Å². The third-order valence-electron chi connectivity index (χ3n) is 6.00. The predicted molar refractivity (Wildman–Crippen MR) is 130 cm³/mol. The molecule has 3 heterocycles. The van der Waals surface area contributed by atoms with Crippen LogP contribution >= 0.6 is 11.3 Å². The second kappa shape index (κ2) is 8.65. The first-order valence-electron chi connectivity index (χ1n) is 10.8. The van der Waals surface area contributed by atoms with Crippen LogP contribution in [0.15, 0.2) is 24.5 Å². The van der Waals surface area contributed by atoms with Gasteiger partial charge < -0.3 is 15.6 Å². The molecule has 3 N–H and O–H groups in total. The molecule has 0 aliphatic heterocycles. The van der Waals surface area contributed by atoms with Crippen molar-refractivity contribution >= 4 is 34.3 Å². The summed E-state index contributed by atoms with van der Waals surface area (Å²) in [5, 5.41) is 6.10. The summed E-state index contributed by atoms with van der Waals surface area (Å²) in [7, 11) is 0. The van der Waals surface area contributed by atoms with Crippen LogP contribution in [0.1, 0.15) is 75.4 Å². The number of H-pyrrole nitrogens is 1. The average molecular weight is 456 g/mol. The number of nitrogens with zero attached hydrogens (tertiary/aromatic N) is 2. The van der Waals surface area contributed by atoms with E-state index in [4.69, 9.17) is 4.98 Å². The zero-order valence-electron chi connectivity index (χ0n) is 20.1. The molecule has 3 aromatic heterocycles. The second-order valence-corrected chi connectivity index (χ2v) is 11.5. The lowest BCUT2D eigenvalue weighted by molar-refractivity contribution is 0.0905. The number of hydrogen-bond acceptors (Lipinski definition) is 5. The molecule has 0 saturated heterocycles. The first-order valence-corrected chi connectivity index (χ1v) is 11.6. The van der Waals surface area contributed by atoms with Crippen molar-refractivity contribution in [1.29, 1.82) is 0 Å². The quantitative estimate of drug-likeness (QED) is 0.503. The van der Waals surface area contributed by atoms with Gasteiger partial charge in [0.1, 0.15) is 5.52 Å². The smallest absolute Gasteiger partial charge is 0.261 e. The van der Waals surface area contributed by atoms with Crippen LogP contribution < -0.4 is 10.6 Å². The molecular formula is C24H33N5O2S. The van der Waals surface area contributed by atoms with Gasteiger partial charge in [-0.3, -0.25) is 9.59 Å². The van der Waals surface area contributed by atoms with Gasteiger partial charge in [-0.15, -0.1) is 11.3 Å². The highest BCUT2D eigenvalue weighted by Crippen LogP contribution is 2.29. The molecule has 0 spiro atoms. The number of nitrogens with one attached hydrogen (secondary N) is 3. The van der Waals surface area contributed by atoms with Gasteiger partial charge in [-0.1, -0.05) is 41.5 Å². The second-order valence-electron chi connectivity index (χ2n) is 10.4. The van der Waals surface area contributed by atoms with Gasteiger partial charge in [-0.2, -0.15) is 0 Å². The van der Waals surface area contributed by atoms with E-state index in [1.807, 2.05) is 19.9 Å². The number of thiophene rings is 1. The third-order valence-corrected chi connectivity index (χ3v) is 7.11. The molecule has 172 valence electrons. The van der Waals surface area contributed by atoms with Gasteiger partial charge in [-0.25, -0.2) is 9.97 Å². The van der Waals surface area contributed by atoms with Crippen LogP contribution in [-0.2, 0) is 0 Å². The molecule has 3 rings (SSSR count). The van der Waals surface area contributed by atoms with Crippen molar-refractivity contribution in [3.8, 4) is 10.6 Å². The first kappa shape index (κ1) is 23.9. The predicted octanol–water partition coefficient (Wildman–Crippen LogP) is 5.02. The molecule has 0 bridgehead atoms. The van der Waals surface area contributed by atoms with Gasteiger partial charge in [0.25, 0.3) is 11.8 Å². The summed E-state index contributed by atoms with van der Waals surface area (Å²) in [6.07, 6.45) is 3.30. The van der Waals surface area contributed by atoms with Crippen LogP contribution in [0, 0.1) is 10.8 Å². The van der Waals surface area contributed by atoms with E-state index in [1.54, 1.807) is 18.5 Å². The lowest BCUT2D eigenvalue weighted by atomic mass is 9.88. The van der Waals surface area contributed by atoms with Gasteiger partial charge in [0.2, 0.25) is 0 Å². The molecule has 3 aromatic rings. The van der Waals surface area contributed by atoms with Crippen molar-refractivity contribution in [3.05, 3.63) is 35.0 Å². The highest BCUT2D eigenvalue weighted by atomic mass is 32.1. The Kier molecular flexibility index (Phi) is 6.47. The molecule has 0 radical (unpaired) electrons. The highest BCUT2D eigenvalue weighted by Gasteiger charge is 2.25. The van der Waals surface area contributed by atoms with Crippen molar-refractivity contribution in [1.82, 2.24) is 25.6 Å². The molecule has 0 aromatic carbocycles. The van der Waals surface area contributed by atoms with Gasteiger partial charge in [-0.05, 0) is 36.8 Å². The molecule has 0 aliphatic rings. The van der Waals surface area contributed by atoms with E-state index >= 15 is 0 Å². The largest absolute Gasteiger partial charge is 0.349 e. The van der Waals surface area contributed by atoms with E-state index in [0.29, 0.717) is 27.3 Å². The summed E-state index contributed by atoms with van der Waals surface area (Å²) in [5.41, 5.74) is 2.07. The number of amides is 2. The van der Waals surface area contributed by atoms with Crippen LogP contribution in [0.5, 0.6) is 0 Å². The van der Waals surface area contributed by atoms with Gasteiger partial charge >= 0.3 is 0 Å². The van der Waals surface area contributed by atoms with Crippen LogP contribution in [0.4, 0.5) is 0 Å². The lowest BCUT2D eigenvalue weighted by Crippen LogP contribution is -2.41. The molecule has 2 atom stereocenters. The Morgan fingerprint density at radius 1 is 0.969 bits per heavy atom. The lowest BCUT2D eigenvalue weighted by Gasteiger charge is -2.27. The summed E-state index contributed by atoms with van der Waals surface area (Å²) in [5.74, 6) is -0.289. The Morgan fingerprint density at radius 3 is 2.16 bits per heavy atom. The standard InChI is InChI=1S/C24H33N5O2S/c1-13(23(3,4)5)27-21(30)15-11-25-20-19(15)29-16(12-26-20)17-9-10-18(32-17)22(31)28-14(2)24(6,7)8/h9-14H,1-8H3,(H,25,26)(H,27,30)(H,28,31). The van der Waals surface area contributed by atoms with Gasteiger partial charge in [0.15, 0.2) is 5.65 Å². The first-order chi connectivity index (χ1) is 14.8. The maximum absolute atomic E-state index is 12.9. The molecule has 2 amide bonds. The van der Waals surface area contributed by atoms with Crippen LogP contribution in [0.25, 0.3) is 21.7 Å². The minimum atomic E-state index is -0.187. The minimum Gasteiger partial charge on any atom is -0.349 e. The molecule has 8 heteroatoms.